The molecule has 0 bridgehead atoms. The van der Waals surface area contributed by atoms with Crippen molar-refractivity contribution in [3.63, 3.8) is 0 Å². The van der Waals surface area contributed by atoms with Crippen LogP contribution in [0, 0.1) is 5.82 Å². The Balaban J connectivity index is 1.32. The van der Waals surface area contributed by atoms with Gasteiger partial charge in [-0.25, -0.2) is 14.4 Å². The summed E-state index contributed by atoms with van der Waals surface area (Å²) in [6.07, 6.45) is 5.68. The first-order chi connectivity index (χ1) is 15.2. The second kappa shape index (κ2) is 8.35. The number of imidazole rings is 1. The van der Waals surface area contributed by atoms with Crippen LogP contribution in [0.25, 0.3) is 22.6 Å². The quantitative estimate of drug-likeness (QED) is 0.465. The van der Waals surface area contributed by atoms with Crippen LogP contribution in [0.5, 0.6) is 5.75 Å². The average Bonchev–Trinajstić information content (AvgIpc) is 3.55. The molecule has 1 atom stereocenters. The lowest BCUT2D eigenvalue weighted by Gasteiger charge is -2.21. The van der Waals surface area contributed by atoms with Gasteiger partial charge in [0.2, 0.25) is 5.89 Å². The Morgan fingerprint density at radius 2 is 2.00 bits per heavy atom. The molecule has 0 spiro atoms. The van der Waals surface area contributed by atoms with Gasteiger partial charge in [0, 0.05) is 11.1 Å². The minimum atomic E-state index is -0.268. The van der Waals surface area contributed by atoms with E-state index in [2.05, 4.69) is 19.9 Å². The van der Waals surface area contributed by atoms with Crippen LogP contribution in [0.4, 0.5) is 4.39 Å². The van der Waals surface area contributed by atoms with Gasteiger partial charge in [-0.1, -0.05) is 12.1 Å². The van der Waals surface area contributed by atoms with Crippen molar-refractivity contribution < 1.29 is 13.5 Å². The highest BCUT2D eigenvalue weighted by Gasteiger charge is 2.29. The molecule has 0 unspecified atom stereocenters. The van der Waals surface area contributed by atoms with Crippen molar-refractivity contribution in [2.45, 2.75) is 25.4 Å². The maximum absolute atomic E-state index is 13.2. The third kappa shape index (κ3) is 4.09. The van der Waals surface area contributed by atoms with Crippen molar-refractivity contribution >= 4 is 0 Å². The van der Waals surface area contributed by atoms with E-state index in [0.29, 0.717) is 18.2 Å². The van der Waals surface area contributed by atoms with Crippen LogP contribution in [0.1, 0.15) is 30.6 Å². The first kappa shape index (κ1) is 19.5. The summed E-state index contributed by atoms with van der Waals surface area (Å²) >= 11 is 0. The van der Waals surface area contributed by atoms with Gasteiger partial charge in [-0.3, -0.25) is 4.90 Å². The molecule has 1 saturated heterocycles. The van der Waals surface area contributed by atoms with Gasteiger partial charge in [-0.15, -0.1) is 0 Å². The predicted octanol–water partition coefficient (Wildman–Crippen LogP) is 5.22. The lowest BCUT2D eigenvalue weighted by molar-refractivity contribution is 0.218. The number of hydrogen-bond donors (Lipinski definition) is 1. The Bertz CT molecular complexity index is 1170. The summed E-state index contributed by atoms with van der Waals surface area (Å²) in [7, 11) is 1.66. The summed E-state index contributed by atoms with van der Waals surface area (Å²) in [5, 5.41) is 0. The number of ether oxygens (including phenoxy) is 1. The van der Waals surface area contributed by atoms with Gasteiger partial charge in [0.05, 0.1) is 37.8 Å². The van der Waals surface area contributed by atoms with E-state index in [-0.39, 0.29) is 11.9 Å². The van der Waals surface area contributed by atoms with E-state index < -0.39 is 0 Å². The van der Waals surface area contributed by atoms with Crippen molar-refractivity contribution in [3.8, 4) is 28.3 Å². The molecule has 1 aliphatic rings. The summed E-state index contributed by atoms with van der Waals surface area (Å²) in [4.78, 5) is 14.9. The Morgan fingerprint density at radius 3 is 2.84 bits per heavy atom. The van der Waals surface area contributed by atoms with E-state index in [1.54, 1.807) is 25.4 Å². The van der Waals surface area contributed by atoms with Crippen LogP contribution in [-0.4, -0.2) is 33.5 Å². The van der Waals surface area contributed by atoms with Crippen LogP contribution < -0.4 is 4.74 Å². The number of hydrogen-bond acceptors (Lipinski definition) is 5. The highest BCUT2D eigenvalue weighted by molar-refractivity contribution is 5.60. The molecular weight excluding hydrogens is 395 g/mol. The van der Waals surface area contributed by atoms with E-state index >= 15 is 0 Å². The minimum absolute atomic E-state index is 0.181. The number of halogens is 1. The van der Waals surface area contributed by atoms with Crippen LogP contribution in [0.3, 0.4) is 0 Å². The average molecular weight is 418 g/mol. The van der Waals surface area contributed by atoms with Crippen molar-refractivity contribution in [1.82, 2.24) is 19.9 Å². The van der Waals surface area contributed by atoms with E-state index in [1.165, 1.54) is 12.1 Å². The number of rotatable bonds is 6. The molecule has 1 aliphatic heterocycles. The molecule has 2 aromatic carbocycles. The highest BCUT2D eigenvalue weighted by atomic mass is 19.1. The zero-order chi connectivity index (χ0) is 21.2. The normalized spacial score (nSPS) is 16.6. The molecule has 0 radical (unpaired) electrons. The molecule has 1 N–H and O–H groups in total. The largest absolute Gasteiger partial charge is 0.497 e. The third-order valence-electron chi connectivity index (χ3n) is 5.68. The minimum Gasteiger partial charge on any atom is -0.497 e. The maximum atomic E-state index is 13.2. The summed E-state index contributed by atoms with van der Waals surface area (Å²) < 4.78 is 24.4. The molecule has 4 aromatic rings. The third-order valence-corrected chi connectivity index (χ3v) is 5.68. The van der Waals surface area contributed by atoms with Gasteiger partial charge >= 0.3 is 0 Å². The lowest BCUT2D eigenvalue weighted by atomic mass is 10.1. The fourth-order valence-electron chi connectivity index (χ4n) is 4.07. The summed E-state index contributed by atoms with van der Waals surface area (Å²) in [5.74, 6) is 2.78. The number of oxazole rings is 1. The summed E-state index contributed by atoms with van der Waals surface area (Å²) in [6, 6.07) is 14.3. The van der Waals surface area contributed by atoms with Crippen LogP contribution in [0.2, 0.25) is 0 Å². The smallest absolute Gasteiger partial charge is 0.209 e. The van der Waals surface area contributed by atoms with Crippen LogP contribution in [0.15, 0.2) is 65.3 Å². The molecule has 158 valence electrons. The number of aromatic nitrogens is 3. The number of H-pyrrole nitrogens is 1. The van der Waals surface area contributed by atoms with Crippen molar-refractivity contribution in [2.75, 3.05) is 13.7 Å². The number of methoxy groups -OCH3 is 1. The SMILES string of the molecule is COc1cccc(-c2cnc([C@@H]3CCCN3Cc3ncc(-c4ccc(F)cc4)o3)[nH]2)c1. The van der Waals surface area contributed by atoms with Crippen molar-refractivity contribution in [3.05, 3.63) is 78.5 Å². The second-order valence-electron chi connectivity index (χ2n) is 7.67. The molecule has 6 nitrogen and oxygen atoms in total. The van der Waals surface area contributed by atoms with E-state index in [0.717, 1.165) is 47.8 Å². The number of aromatic amines is 1. The molecule has 0 aliphatic carbocycles. The number of likely N-dealkylation sites (tertiary alicyclic amines) is 1. The van der Waals surface area contributed by atoms with Gasteiger partial charge < -0.3 is 14.1 Å². The molecular formula is C24H23FN4O2. The second-order valence-corrected chi connectivity index (χ2v) is 7.67. The van der Waals surface area contributed by atoms with E-state index in [1.807, 2.05) is 30.5 Å². The highest BCUT2D eigenvalue weighted by Crippen LogP contribution is 2.33. The predicted molar refractivity (Wildman–Crippen MR) is 115 cm³/mol. The van der Waals surface area contributed by atoms with Gasteiger partial charge in [0.25, 0.3) is 0 Å². The van der Waals surface area contributed by atoms with E-state index in [4.69, 9.17) is 9.15 Å². The molecule has 31 heavy (non-hydrogen) atoms. The van der Waals surface area contributed by atoms with E-state index in [9.17, 15) is 4.39 Å². The standard InChI is InChI=1S/C24H23FN4O2/c1-30-19-5-2-4-17(12-19)20-13-27-24(28-20)21-6-3-11-29(21)15-23-26-14-22(31-23)16-7-9-18(25)10-8-16/h2,4-5,7-10,12-14,21H,3,6,11,15H2,1H3,(H,27,28)/t21-/m0/s1. The van der Waals surface area contributed by atoms with Crippen molar-refractivity contribution in [2.24, 2.45) is 0 Å². The molecule has 1 fully saturated rings. The first-order valence-electron chi connectivity index (χ1n) is 10.3. The number of nitrogens with zero attached hydrogens (tertiary/aromatic N) is 3. The maximum Gasteiger partial charge on any atom is 0.209 e. The Labute approximate surface area is 179 Å². The molecule has 2 aromatic heterocycles. The van der Waals surface area contributed by atoms with Gasteiger partial charge in [0.15, 0.2) is 5.76 Å². The Kier molecular flexibility index (Phi) is 5.26. The van der Waals surface area contributed by atoms with Crippen LogP contribution in [-0.2, 0) is 6.54 Å². The topological polar surface area (TPSA) is 67.2 Å². The Morgan fingerprint density at radius 1 is 1.13 bits per heavy atom. The fourth-order valence-corrected chi connectivity index (χ4v) is 4.07. The van der Waals surface area contributed by atoms with Crippen molar-refractivity contribution in [1.29, 1.82) is 0 Å². The summed E-state index contributed by atoms with van der Waals surface area (Å²) in [6.45, 7) is 1.55. The lowest BCUT2D eigenvalue weighted by Crippen LogP contribution is -2.23. The first-order valence-corrected chi connectivity index (χ1v) is 10.3. The Hall–Kier alpha value is -3.45. The van der Waals surface area contributed by atoms with Gasteiger partial charge in [0.1, 0.15) is 17.4 Å². The monoisotopic (exact) mass is 418 g/mol. The van der Waals surface area contributed by atoms with Crippen LogP contribution >= 0.6 is 0 Å². The zero-order valence-corrected chi connectivity index (χ0v) is 17.2. The number of nitrogens with one attached hydrogen (secondary N) is 1. The van der Waals surface area contributed by atoms with Gasteiger partial charge in [-0.2, -0.15) is 0 Å². The zero-order valence-electron chi connectivity index (χ0n) is 17.2. The number of benzene rings is 2. The molecule has 3 heterocycles. The molecule has 7 heteroatoms. The molecule has 0 amide bonds. The molecule has 0 saturated carbocycles. The fraction of sp³-hybridized carbons (Fsp3) is 0.250. The van der Waals surface area contributed by atoms with Gasteiger partial charge in [-0.05, 0) is 55.8 Å². The molecule has 5 rings (SSSR count). The summed E-state index contributed by atoms with van der Waals surface area (Å²) in [5.41, 5.74) is 2.82.